The number of likely N-dealkylation sites (tertiary alicyclic amines) is 1. The highest BCUT2D eigenvalue weighted by atomic mass is 32.2. The third-order valence-electron chi connectivity index (χ3n) is 4.62. The van der Waals surface area contributed by atoms with Gasteiger partial charge in [-0.05, 0) is 50.3 Å². The number of nitro groups is 1. The summed E-state index contributed by atoms with van der Waals surface area (Å²) in [5.41, 5.74) is 0.0628. The van der Waals surface area contributed by atoms with E-state index < -0.39 is 4.92 Å². The second-order valence-corrected chi connectivity index (χ2v) is 8.78. The fourth-order valence-corrected chi connectivity index (χ4v) is 4.43. The molecule has 7 heteroatoms. The average molecular weight is 380 g/mol. The summed E-state index contributed by atoms with van der Waals surface area (Å²) in [5.74, 6) is 1.52. The van der Waals surface area contributed by atoms with Gasteiger partial charge in [0.05, 0.1) is 10.2 Å². The molecular weight excluding hydrogens is 350 g/mol. The van der Waals surface area contributed by atoms with E-state index in [1.54, 1.807) is 12.1 Å². The van der Waals surface area contributed by atoms with Crippen molar-refractivity contribution in [2.45, 2.75) is 43.8 Å². The first-order valence-electron chi connectivity index (χ1n) is 9.26. The maximum absolute atomic E-state index is 12.2. The predicted octanol–water partition coefficient (Wildman–Crippen LogP) is 3.56. The number of thioether (sulfide) groups is 1. The van der Waals surface area contributed by atoms with Crippen molar-refractivity contribution in [2.24, 2.45) is 11.8 Å². The number of benzene rings is 1. The summed E-state index contributed by atoms with van der Waals surface area (Å²) in [7, 11) is 0. The summed E-state index contributed by atoms with van der Waals surface area (Å²) in [6, 6.07) is 6.30. The van der Waals surface area contributed by atoms with E-state index in [1.165, 1.54) is 30.3 Å². The van der Waals surface area contributed by atoms with Gasteiger partial charge in [-0.2, -0.15) is 0 Å². The second kappa shape index (κ2) is 9.92. The van der Waals surface area contributed by atoms with Gasteiger partial charge in [0.25, 0.3) is 5.69 Å². The van der Waals surface area contributed by atoms with Gasteiger partial charge in [0, 0.05) is 36.7 Å². The zero-order valence-electron chi connectivity index (χ0n) is 15.8. The van der Waals surface area contributed by atoms with Crippen molar-refractivity contribution in [3.63, 3.8) is 0 Å². The Morgan fingerprint density at radius 3 is 2.50 bits per heavy atom. The lowest BCUT2D eigenvalue weighted by Gasteiger charge is -2.34. The molecule has 1 aliphatic heterocycles. The highest BCUT2D eigenvalue weighted by Crippen LogP contribution is 2.25. The van der Waals surface area contributed by atoms with Crippen LogP contribution in [0.3, 0.4) is 0 Å². The van der Waals surface area contributed by atoms with Gasteiger partial charge in [0.2, 0.25) is 5.91 Å². The number of amides is 1. The third kappa shape index (κ3) is 6.61. The molecule has 0 saturated carbocycles. The fourth-order valence-electron chi connectivity index (χ4n) is 3.54. The van der Waals surface area contributed by atoms with Crippen molar-refractivity contribution in [1.29, 1.82) is 0 Å². The van der Waals surface area contributed by atoms with Crippen molar-refractivity contribution in [3.05, 3.63) is 34.4 Å². The highest BCUT2D eigenvalue weighted by molar-refractivity contribution is 8.00. The number of hydrogen-bond acceptors (Lipinski definition) is 5. The van der Waals surface area contributed by atoms with Crippen LogP contribution in [0.25, 0.3) is 0 Å². The normalized spacial score (nSPS) is 22.0. The highest BCUT2D eigenvalue weighted by Gasteiger charge is 2.21. The molecular formula is C19H29N3O3S. The van der Waals surface area contributed by atoms with E-state index in [4.69, 9.17) is 0 Å². The maximum Gasteiger partial charge on any atom is 0.269 e. The number of rotatable bonds is 8. The number of carbonyl (C=O) groups excluding carboxylic acids is 1. The summed E-state index contributed by atoms with van der Waals surface area (Å²) in [4.78, 5) is 25.8. The lowest BCUT2D eigenvalue weighted by molar-refractivity contribution is -0.384. The van der Waals surface area contributed by atoms with Crippen LogP contribution in [0.2, 0.25) is 0 Å². The van der Waals surface area contributed by atoms with Gasteiger partial charge in [0.15, 0.2) is 0 Å². The van der Waals surface area contributed by atoms with E-state index >= 15 is 0 Å². The number of carbonyl (C=O) groups is 1. The molecule has 1 aliphatic rings. The molecule has 1 heterocycles. The largest absolute Gasteiger partial charge is 0.355 e. The van der Waals surface area contributed by atoms with Crippen molar-refractivity contribution in [3.8, 4) is 0 Å². The first-order valence-corrected chi connectivity index (χ1v) is 10.1. The standard InChI is InChI=1S/C19H29N3O3S/c1-14-11-15(2)13-21(12-14)10-4-9-20-19(23)16(3)26-18-7-5-17(6-8-18)22(24)25/h5-8,14-16H,4,9-13H2,1-3H3,(H,20,23). The van der Waals surface area contributed by atoms with E-state index in [-0.39, 0.29) is 16.8 Å². The molecule has 3 atom stereocenters. The number of nitrogens with zero attached hydrogens (tertiary/aromatic N) is 2. The Bertz CT molecular complexity index is 599. The van der Waals surface area contributed by atoms with Crippen molar-refractivity contribution < 1.29 is 9.72 Å². The molecule has 0 radical (unpaired) electrons. The second-order valence-electron chi connectivity index (χ2n) is 7.36. The van der Waals surface area contributed by atoms with Crippen molar-refractivity contribution >= 4 is 23.4 Å². The summed E-state index contributed by atoms with van der Waals surface area (Å²) < 4.78 is 0. The number of piperidine rings is 1. The van der Waals surface area contributed by atoms with Crippen LogP contribution in [0.5, 0.6) is 0 Å². The quantitative estimate of drug-likeness (QED) is 0.323. The van der Waals surface area contributed by atoms with Crippen molar-refractivity contribution in [2.75, 3.05) is 26.2 Å². The minimum absolute atomic E-state index is 0.00809. The molecule has 26 heavy (non-hydrogen) atoms. The Hall–Kier alpha value is -1.60. The molecule has 0 aliphatic carbocycles. The van der Waals surface area contributed by atoms with Gasteiger partial charge in [-0.15, -0.1) is 11.8 Å². The lowest BCUT2D eigenvalue weighted by atomic mass is 9.92. The molecule has 0 bridgehead atoms. The van der Waals surface area contributed by atoms with Crippen LogP contribution < -0.4 is 5.32 Å². The Balaban J connectivity index is 1.67. The lowest BCUT2D eigenvalue weighted by Crippen LogP contribution is -2.40. The molecule has 144 valence electrons. The van der Waals surface area contributed by atoms with Crippen LogP contribution in [0.1, 0.15) is 33.6 Å². The summed E-state index contributed by atoms with van der Waals surface area (Å²) in [6.45, 7) is 10.5. The molecule has 2 rings (SSSR count). The minimum Gasteiger partial charge on any atom is -0.355 e. The molecule has 0 aromatic heterocycles. The van der Waals surface area contributed by atoms with Gasteiger partial charge < -0.3 is 10.2 Å². The zero-order valence-corrected chi connectivity index (χ0v) is 16.6. The van der Waals surface area contributed by atoms with Gasteiger partial charge >= 0.3 is 0 Å². The Labute approximate surface area is 159 Å². The topological polar surface area (TPSA) is 75.5 Å². The van der Waals surface area contributed by atoms with E-state index in [0.717, 1.165) is 42.8 Å². The first-order chi connectivity index (χ1) is 12.3. The number of nitrogens with one attached hydrogen (secondary N) is 1. The van der Waals surface area contributed by atoms with Crippen LogP contribution in [-0.2, 0) is 4.79 Å². The van der Waals surface area contributed by atoms with Crippen LogP contribution >= 0.6 is 11.8 Å². The molecule has 1 N–H and O–H groups in total. The third-order valence-corrected chi connectivity index (χ3v) is 5.74. The predicted molar refractivity (Wildman–Crippen MR) is 105 cm³/mol. The van der Waals surface area contributed by atoms with Crippen LogP contribution in [0.4, 0.5) is 5.69 Å². The Kier molecular flexibility index (Phi) is 7.90. The van der Waals surface area contributed by atoms with E-state index in [1.807, 2.05) is 6.92 Å². The molecule has 1 aromatic rings. The van der Waals surface area contributed by atoms with E-state index in [0.29, 0.717) is 6.54 Å². The van der Waals surface area contributed by atoms with Gasteiger partial charge in [-0.1, -0.05) is 13.8 Å². The number of nitro benzene ring substituents is 1. The minimum atomic E-state index is -0.422. The van der Waals surface area contributed by atoms with Crippen LogP contribution in [0.15, 0.2) is 29.2 Å². The van der Waals surface area contributed by atoms with E-state index in [9.17, 15) is 14.9 Å². The average Bonchev–Trinajstić information content (AvgIpc) is 2.58. The van der Waals surface area contributed by atoms with Gasteiger partial charge in [0.1, 0.15) is 0 Å². The SMILES string of the molecule is CC1CC(C)CN(CCCNC(=O)C(C)Sc2ccc([N+](=O)[O-])cc2)C1. The zero-order chi connectivity index (χ0) is 19.1. The molecule has 0 spiro atoms. The molecule has 6 nitrogen and oxygen atoms in total. The Morgan fingerprint density at radius 2 is 1.92 bits per heavy atom. The van der Waals surface area contributed by atoms with E-state index in [2.05, 4.69) is 24.1 Å². The van der Waals surface area contributed by atoms with Gasteiger partial charge in [-0.25, -0.2) is 0 Å². The molecule has 3 unspecified atom stereocenters. The number of non-ortho nitro benzene ring substituents is 1. The maximum atomic E-state index is 12.2. The summed E-state index contributed by atoms with van der Waals surface area (Å²) >= 11 is 1.41. The van der Waals surface area contributed by atoms with Crippen LogP contribution in [-0.4, -0.2) is 47.2 Å². The van der Waals surface area contributed by atoms with Gasteiger partial charge in [-0.3, -0.25) is 14.9 Å². The monoisotopic (exact) mass is 379 g/mol. The molecule has 1 amide bonds. The fraction of sp³-hybridized carbons (Fsp3) is 0.632. The molecule has 1 fully saturated rings. The van der Waals surface area contributed by atoms with Crippen LogP contribution in [0, 0.1) is 22.0 Å². The number of hydrogen-bond donors (Lipinski definition) is 1. The molecule has 1 aromatic carbocycles. The first kappa shape index (κ1) is 20.7. The van der Waals surface area contributed by atoms with Crippen molar-refractivity contribution in [1.82, 2.24) is 10.2 Å². The summed E-state index contributed by atoms with van der Waals surface area (Å²) in [5, 5.41) is 13.4. The Morgan fingerprint density at radius 1 is 1.31 bits per heavy atom. The molecule has 1 saturated heterocycles. The summed E-state index contributed by atoms with van der Waals surface area (Å²) in [6.07, 6.45) is 2.27. The smallest absolute Gasteiger partial charge is 0.269 e.